The standard InChI is InChI=1S/C19H20N2O/c1-13-7-6-8-14(2)19(13)20-18(22)11-15-12-21(3)17-10-5-4-9-16(15)17/h4-10,12H,11H2,1-3H3,(H,20,22). The Balaban J connectivity index is 1.85. The molecule has 0 unspecified atom stereocenters. The molecule has 2 aromatic carbocycles. The highest BCUT2D eigenvalue weighted by molar-refractivity contribution is 5.96. The normalized spacial score (nSPS) is 10.9. The van der Waals surface area contributed by atoms with Crippen molar-refractivity contribution in [3.8, 4) is 0 Å². The lowest BCUT2D eigenvalue weighted by molar-refractivity contribution is -0.115. The fourth-order valence-electron chi connectivity index (χ4n) is 2.93. The maximum absolute atomic E-state index is 12.4. The number of hydrogen-bond donors (Lipinski definition) is 1. The van der Waals surface area contributed by atoms with Crippen LogP contribution in [-0.4, -0.2) is 10.5 Å². The molecule has 112 valence electrons. The van der Waals surface area contributed by atoms with Gasteiger partial charge in [-0.1, -0.05) is 36.4 Å². The summed E-state index contributed by atoms with van der Waals surface area (Å²) in [6.07, 6.45) is 2.42. The Hall–Kier alpha value is -2.55. The molecule has 0 aliphatic heterocycles. The van der Waals surface area contributed by atoms with Crippen molar-refractivity contribution in [2.45, 2.75) is 20.3 Å². The van der Waals surface area contributed by atoms with Crippen molar-refractivity contribution in [1.82, 2.24) is 4.57 Å². The lowest BCUT2D eigenvalue weighted by Gasteiger charge is -2.11. The third-order valence-electron chi connectivity index (χ3n) is 4.08. The largest absolute Gasteiger partial charge is 0.350 e. The van der Waals surface area contributed by atoms with Crippen molar-refractivity contribution in [2.24, 2.45) is 7.05 Å². The number of nitrogens with zero attached hydrogens (tertiary/aromatic N) is 1. The second-order valence-electron chi connectivity index (χ2n) is 5.77. The molecule has 3 aromatic rings. The number of aromatic nitrogens is 1. The van der Waals surface area contributed by atoms with Gasteiger partial charge in [-0.25, -0.2) is 0 Å². The number of amides is 1. The lowest BCUT2D eigenvalue weighted by Crippen LogP contribution is -2.15. The first-order valence-electron chi connectivity index (χ1n) is 7.45. The quantitative estimate of drug-likeness (QED) is 0.778. The molecule has 1 N–H and O–H groups in total. The fraction of sp³-hybridized carbons (Fsp3) is 0.211. The minimum absolute atomic E-state index is 0.0220. The minimum Gasteiger partial charge on any atom is -0.350 e. The third kappa shape index (κ3) is 2.62. The number of fused-ring (bicyclic) bond motifs is 1. The molecule has 0 bridgehead atoms. The average Bonchev–Trinajstić information content (AvgIpc) is 2.80. The summed E-state index contributed by atoms with van der Waals surface area (Å²) in [5, 5.41) is 4.19. The zero-order valence-corrected chi connectivity index (χ0v) is 13.2. The van der Waals surface area contributed by atoms with Gasteiger partial charge in [0.1, 0.15) is 0 Å². The Morgan fingerprint density at radius 3 is 2.45 bits per heavy atom. The van der Waals surface area contributed by atoms with E-state index >= 15 is 0 Å². The predicted octanol–water partition coefficient (Wildman–Crippen LogP) is 3.98. The first-order chi connectivity index (χ1) is 10.6. The molecule has 0 aliphatic rings. The lowest BCUT2D eigenvalue weighted by atomic mass is 10.1. The molecule has 0 saturated heterocycles. The maximum Gasteiger partial charge on any atom is 0.228 e. The SMILES string of the molecule is Cc1cccc(C)c1NC(=O)Cc1cn(C)c2ccccc12. The first kappa shape index (κ1) is 14.4. The van der Waals surface area contributed by atoms with Crippen LogP contribution in [0.25, 0.3) is 10.9 Å². The van der Waals surface area contributed by atoms with E-state index in [9.17, 15) is 4.79 Å². The van der Waals surface area contributed by atoms with Gasteiger partial charge >= 0.3 is 0 Å². The molecule has 1 amide bonds. The van der Waals surface area contributed by atoms with Crippen LogP contribution in [-0.2, 0) is 18.3 Å². The Kier molecular flexibility index (Phi) is 3.72. The average molecular weight is 292 g/mol. The molecule has 0 fully saturated rings. The van der Waals surface area contributed by atoms with Gasteiger partial charge in [0.05, 0.1) is 6.42 Å². The van der Waals surface area contributed by atoms with Gasteiger partial charge in [0.15, 0.2) is 0 Å². The highest BCUT2D eigenvalue weighted by Gasteiger charge is 2.12. The minimum atomic E-state index is 0.0220. The Bertz CT molecular complexity index is 826. The van der Waals surface area contributed by atoms with Gasteiger partial charge in [0, 0.05) is 29.8 Å². The van der Waals surface area contributed by atoms with Crippen LogP contribution in [0.15, 0.2) is 48.7 Å². The van der Waals surface area contributed by atoms with Crippen LogP contribution < -0.4 is 5.32 Å². The first-order valence-corrected chi connectivity index (χ1v) is 7.45. The van der Waals surface area contributed by atoms with Crippen molar-refractivity contribution >= 4 is 22.5 Å². The number of carbonyl (C=O) groups excluding carboxylic acids is 1. The van der Waals surface area contributed by atoms with Gasteiger partial charge in [-0.05, 0) is 36.6 Å². The zero-order valence-electron chi connectivity index (χ0n) is 13.2. The fourth-order valence-corrected chi connectivity index (χ4v) is 2.93. The van der Waals surface area contributed by atoms with Crippen LogP contribution in [0, 0.1) is 13.8 Å². The number of aryl methyl sites for hydroxylation is 3. The van der Waals surface area contributed by atoms with Crippen molar-refractivity contribution in [1.29, 1.82) is 0 Å². The van der Waals surface area contributed by atoms with E-state index in [1.807, 2.05) is 57.4 Å². The van der Waals surface area contributed by atoms with E-state index in [2.05, 4.69) is 22.0 Å². The molecule has 0 aliphatic carbocycles. The van der Waals surface area contributed by atoms with Crippen LogP contribution in [0.1, 0.15) is 16.7 Å². The summed E-state index contributed by atoms with van der Waals surface area (Å²) >= 11 is 0. The summed E-state index contributed by atoms with van der Waals surface area (Å²) in [6, 6.07) is 14.2. The maximum atomic E-state index is 12.4. The summed E-state index contributed by atoms with van der Waals surface area (Å²) < 4.78 is 2.07. The third-order valence-corrected chi connectivity index (χ3v) is 4.08. The molecular formula is C19H20N2O. The molecule has 0 saturated carbocycles. The molecule has 0 spiro atoms. The van der Waals surface area contributed by atoms with Gasteiger partial charge in [0.25, 0.3) is 0 Å². The van der Waals surface area contributed by atoms with Crippen molar-refractivity contribution in [3.63, 3.8) is 0 Å². The van der Waals surface area contributed by atoms with E-state index < -0.39 is 0 Å². The van der Waals surface area contributed by atoms with E-state index in [1.165, 1.54) is 0 Å². The monoisotopic (exact) mass is 292 g/mol. The second-order valence-corrected chi connectivity index (χ2v) is 5.77. The topological polar surface area (TPSA) is 34.0 Å². The van der Waals surface area contributed by atoms with Gasteiger partial charge < -0.3 is 9.88 Å². The molecule has 3 heteroatoms. The number of anilines is 1. The Morgan fingerprint density at radius 1 is 1.05 bits per heavy atom. The molecule has 1 heterocycles. The summed E-state index contributed by atoms with van der Waals surface area (Å²) in [4.78, 5) is 12.4. The molecule has 3 rings (SSSR count). The van der Waals surface area contributed by atoms with Crippen LogP contribution in [0.5, 0.6) is 0 Å². The number of carbonyl (C=O) groups is 1. The van der Waals surface area contributed by atoms with Crippen LogP contribution in [0.2, 0.25) is 0 Å². The summed E-state index contributed by atoms with van der Waals surface area (Å²) in [5.41, 5.74) is 5.31. The molecule has 1 aromatic heterocycles. The van der Waals surface area contributed by atoms with Crippen LogP contribution >= 0.6 is 0 Å². The number of benzene rings is 2. The second kappa shape index (κ2) is 5.68. The van der Waals surface area contributed by atoms with Crippen molar-refractivity contribution in [2.75, 3.05) is 5.32 Å². The number of hydrogen-bond acceptors (Lipinski definition) is 1. The van der Waals surface area contributed by atoms with Gasteiger partial charge in [-0.3, -0.25) is 4.79 Å². The van der Waals surface area contributed by atoms with Gasteiger partial charge in [-0.15, -0.1) is 0 Å². The molecular weight excluding hydrogens is 272 g/mol. The predicted molar refractivity (Wildman–Crippen MR) is 91.2 cm³/mol. The van der Waals surface area contributed by atoms with E-state index in [1.54, 1.807) is 0 Å². The molecule has 0 radical (unpaired) electrons. The summed E-state index contributed by atoms with van der Waals surface area (Å²) in [7, 11) is 2.01. The number of rotatable bonds is 3. The highest BCUT2D eigenvalue weighted by Crippen LogP contribution is 2.23. The van der Waals surface area contributed by atoms with E-state index in [-0.39, 0.29) is 5.91 Å². The van der Waals surface area contributed by atoms with E-state index in [4.69, 9.17) is 0 Å². The number of nitrogens with one attached hydrogen (secondary N) is 1. The van der Waals surface area contributed by atoms with Crippen molar-refractivity contribution < 1.29 is 4.79 Å². The van der Waals surface area contributed by atoms with Crippen molar-refractivity contribution in [3.05, 3.63) is 65.4 Å². The molecule has 22 heavy (non-hydrogen) atoms. The van der Waals surface area contributed by atoms with E-state index in [0.717, 1.165) is 33.3 Å². The smallest absolute Gasteiger partial charge is 0.228 e. The van der Waals surface area contributed by atoms with Gasteiger partial charge in [-0.2, -0.15) is 0 Å². The van der Waals surface area contributed by atoms with Crippen LogP contribution in [0.3, 0.4) is 0 Å². The summed E-state index contributed by atoms with van der Waals surface area (Å²) in [6.45, 7) is 4.03. The van der Waals surface area contributed by atoms with Crippen LogP contribution in [0.4, 0.5) is 5.69 Å². The zero-order chi connectivity index (χ0) is 15.7. The van der Waals surface area contributed by atoms with E-state index in [0.29, 0.717) is 6.42 Å². The Morgan fingerprint density at radius 2 is 1.73 bits per heavy atom. The van der Waals surface area contributed by atoms with Gasteiger partial charge in [0.2, 0.25) is 5.91 Å². The molecule has 0 atom stereocenters. The molecule has 3 nitrogen and oxygen atoms in total. The highest BCUT2D eigenvalue weighted by atomic mass is 16.1. The summed E-state index contributed by atoms with van der Waals surface area (Å²) in [5.74, 6) is 0.0220. The Labute approximate surface area is 130 Å². The number of para-hydroxylation sites is 2.